The number of carbonyl (C=O) groups excluding carboxylic acids is 2. The highest BCUT2D eigenvalue weighted by Gasteiger charge is 2.62. The van der Waals surface area contributed by atoms with Crippen LogP contribution in [0.3, 0.4) is 0 Å². The van der Waals surface area contributed by atoms with Crippen LogP contribution in [-0.2, 0) is 19.1 Å². The van der Waals surface area contributed by atoms with Crippen LogP contribution in [0.1, 0.15) is 80.1 Å². The molecule has 6 atom stereocenters. The summed E-state index contributed by atoms with van der Waals surface area (Å²) in [5.74, 6) is -0.137. The molecule has 3 aliphatic carbocycles. The molecule has 2 fully saturated rings. The maximum Gasteiger partial charge on any atom is 0.309 e. The third kappa shape index (κ3) is 3.83. The Morgan fingerprint density at radius 2 is 1.87 bits per heavy atom. The van der Waals surface area contributed by atoms with E-state index >= 15 is 0 Å². The van der Waals surface area contributed by atoms with Crippen LogP contribution in [0.5, 0.6) is 0 Å². The molecule has 3 rings (SSSR count). The summed E-state index contributed by atoms with van der Waals surface area (Å²) >= 11 is 0. The molecular weight excluding hydrogens is 380 g/mol. The van der Waals surface area contributed by atoms with Gasteiger partial charge >= 0.3 is 11.9 Å². The van der Waals surface area contributed by atoms with Crippen LogP contribution in [0.4, 0.5) is 0 Å². The second kappa shape index (κ2) is 8.29. The monoisotopic (exact) mass is 420 g/mol. The first-order chi connectivity index (χ1) is 14.0. The fourth-order valence-corrected chi connectivity index (χ4v) is 6.93. The molecule has 3 aliphatic rings. The average molecular weight is 421 g/mol. The van der Waals surface area contributed by atoms with E-state index in [0.29, 0.717) is 5.92 Å². The van der Waals surface area contributed by atoms with Gasteiger partial charge in [-0.3, -0.25) is 9.59 Å². The van der Waals surface area contributed by atoms with Crippen LogP contribution in [0.25, 0.3) is 0 Å². The number of aliphatic hydroxyl groups is 1. The summed E-state index contributed by atoms with van der Waals surface area (Å²) in [7, 11) is 0. The second-order valence-electron chi connectivity index (χ2n) is 11.1. The van der Waals surface area contributed by atoms with E-state index < -0.39 is 12.1 Å². The number of allylic oxidation sites excluding steroid dienone is 2. The van der Waals surface area contributed by atoms with Crippen molar-refractivity contribution in [2.75, 3.05) is 13.2 Å². The van der Waals surface area contributed by atoms with Crippen molar-refractivity contribution >= 4 is 11.9 Å². The van der Waals surface area contributed by atoms with Crippen molar-refractivity contribution in [2.45, 2.75) is 86.2 Å². The second-order valence-corrected chi connectivity index (χ2v) is 11.1. The van der Waals surface area contributed by atoms with E-state index in [4.69, 9.17) is 9.47 Å². The molecule has 0 amide bonds. The van der Waals surface area contributed by atoms with Crippen LogP contribution in [-0.4, -0.2) is 36.4 Å². The van der Waals surface area contributed by atoms with Crippen molar-refractivity contribution in [2.24, 2.45) is 34.0 Å². The highest BCUT2D eigenvalue weighted by atomic mass is 16.6. The number of fused-ring (bicyclic) bond motifs is 3. The largest absolute Gasteiger partial charge is 0.461 e. The van der Waals surface area contributed by atoms with E-state index in [1.165, 1.54) is 26.2 Å². The molecule has 0 aromatic rings. The summed E-state index contributed by atoms with van der Waals surface area (Å²) in [4.78, 5) is 24.5. The molecule has 0 aliphatic heterocycles. The molecule has 1 N–H and O–H groups in total. The average Bonchev–Trinajstić information content (AvgIpc) is 2.66. The molecule has 0 heterocycles. The minimum Gasteiger partial charge on any atom is -0.461 e. The first-order valence-corrected chi connectivity index (χ1v) is 11.6. The summed E-state index contributed by atoms with van der Waals surface area (Å²) in [5, 5.41) is 9.43. The molecule has 0 bridgehead atoms. The van der Waals surface area contributed by atoms with E-state index in [2.05, 4.69) is 40.7 Å². The Morgan fingerprint density at radius 1 is 1.17 bits per heavy atom. The van der Waals surface area contributed by atoms with Gasteiger partial charge in [0, 0.05) is 6.92 Å². The SMILES string of the molecule is CC(=O)OC(CO)COC(=O)C1C(C)CCC2(C)C3CCCC(C)(C)C3=CCC12C. The van der Waals surface area contributed by atoms with Gasteiger partial charge in [-0.1, -0.05) is 52.7 Å². The predicted octanol–water partition coefficient (Wildman–Crippen LogP) is 4.67. The molecule has 0 saturated heterocycles. The molecule has 5 nitrogen and oxygen atoms in total. The number of hydrogen-bond donors (Lipinski definition) is 1. The molecule has 2 saturated carbocycles. The van der Waals surface area contributed by atoms with Crippen molar-refractivity contribution in [3.8, 4) is 0 Å². The van der Waals surface area contributed by atoms with Crippen molar-refractivity contribution in [3.63, 3.8) is 0 Å². The van der Waals surface area contributed by atoms with Crippen LogP contribution >= 0.6 is 0 Å². The lowest BCUT2D eigenvalue weighted by Crippen LogP contribution is -2.58. The van der Waals surface area contributed by atoms with Crippen molar-refractivity contribution in [1.82, 2.24) is 0 Å². The molecule has 0 radical (unpaired) electrons. The number of aliphatic hydroxyl groups excluding tert-OH is 1. The van der Waals surface area contributed by atoms with Gasteiger partial charge in [-0.25, -0.2) is 0 Å². The molecule has 0 aromatic heterocycles. The minimum atomic E-state index is -0.804. The molecule has 0 aromatic carbocycles. The minimum absolute atomic E-state index is 0.0667. The Morgan fingerprint density at radius 3 is 2.50 bits per heavy atom. The third-order valence-electron chi connectivity index (χ3n) is 8.85. The van der Waals surface area contributed by atoms with Gasteiger partial charge in [-0.15, -0.1) is 0 Å². The van der Waals surface area contributed by atoms with Gasteiger partial charge in [-0.05, 0) is 60.2 Å². The Labute approximate surface area is 181 Å². The number of carbonyl (C=O) groups is 2. The zero-order chi connectivity index (χ0) is 22.3. The lowest BCUT2D eigenvalue weighted by atomic mass is 9.40. The topological polar surface area (TPSA) is 72.8 Å². The summed E-state index contributed by atoms with van der Waals surface area (Å²) in [6.07, 6.45) is 8.38. The molecule has 30 heavy (non-hydrogen) atoms. The van der Waals surface area contributed by atoms with E-state index in [1.807, 2.05) is 0 Å². The zero-order valence-corrected chi connectivity index (χ0v) is 19.6. The Hall–Kier alpha value is -1.36. The fourth-order valence-electron chi connectivity index (χ4n) is 6.93. The van der Waals surface area contributed by atoms with Crippen molar-refractivity contribution < 1.29 is 24.2 Å². The summed E-state index contributed by atoms with van der Waals surface area (Å²) < 4.78 is 10.7. The summed E-state index contributed by atoms with van der Waals surface area (Å²) in [6.45, 7) is 12.4. The van der Waals surface area contributed by atoms with Gasteiger partial charge < -0.3 is 14.6 Å². The van der Waals surface area contributed by atoms with E-state index in [-0.39, 0.29) is 47.3 Å². The van der Waals surface area contributed by atoms with Gasteiger partial charge in [0.2, 0.25) is 0 Å². The summed E-state index contributed by atoms with van der Waals surface area (Å²) in [6, 6.07) is 0. The number of hydrogen-bond acceptors (Lipinski definition) is 5. The lowest BCUT2D eigenvalue weighted by molar-refractivity contribution is -0.180. The molecule has 170 valence electrons. The Bertz CT molecular complexity index is 710. The van der Waals surface area contributed by atoms with E-state index in [9.17, 15) is 14.7 Å². The highest BCUT2D eigenvalue weighted by Crippen LogP contribution is 2.68. The maximum absolute atomic E-state index is 13.3. The van der Waals surface area contributed by atoms with E-state index in [1.54, 1.807) is 5.57 Å². The van der Waals surface area contributed by atoms with Gasteiger partial charge in [-0.2, -0.15) is 0 Å². The zero-order valence-electron chi connectivity index (χ0n) is 19.6. The lowest BCUT2D eigenvalue weighted by Gasteiger charge is -2.63. The summed E-state index contributed by atoms with van der Waals surface area (Å²) in [5.41, 5.74) is 1.74. The maximum atomic E-state index is 13.3. The Balaban J connectivity index is 1.86. The number of ether oxygens (including phenoxy) is 2. The number of esters is 2. The standard InChI is InChI=1S/C25H40O5/c1-16-9-12-24(5)20-8-7-11-23(3,4)19(20)10-13-25(24,6)21(16)22(28)29-15-18(14-26)30-17(2)27/h10,16,18,20-21,26H,7-9,11-15H2,1-6H3. The van der Waals surface area contributed by atoms with Gasteiger partial charge in [0.15, 0.2) is 6.10 Å². The van der Waals surface area contributed by atoms with Crippen molar-refractivity contribution in [1.29, 1.82) is 0 Å². The van der Waals surface area contributed by atoms with Gasteiger partial charge in [0.05, 0.1) is 12.5 Å². The van der Waals surface area contributed by atoms with Crippen LogP contribution in [0.15, 0.2) is 11.6 Å². The third-order valence-corrected chi connectivity index (χ3v) is 8.85. The first kappa shape index (κ1) is 23.3. The molecule has 0 spiro atoms. The van der Waals surface area contributed by atoms with Gasteiger partial charge in [0.1, 0.15) is 6.61 Å². The molecule has 5 heteroatoms. The number of rotatable bonds is 5. The van der Waals surface area contributed by atoms with Crippen molar-refractivity contribution in [3.05, 3.63) is 11.6 Å². The van der Waals surface area contributed by atoms with Crippen LogP contribution < -0.4 is 0 Å². The Kier molecular flexibility index (Phi) is 6.44. The predicted molar refractivity (Wildman–Crippen MR) is 116 cm³/mol. The quantitative estimate of drug-likeness (QED) is 0.517. The van der Waals surface area contributed by atoms with Gasteiger partial charge in [0.25, 0.3) is 0 Å². The first-order valence-electron chi connectivity index (χ1n) is 11.6. The van der Waals surface area contributed by atoms with Crippen LogP contribution in [0.2, 0.25) is 0 Å². The normalized spacial score (nSPS) is 38.5. The van der Waals surface area contributed by atoms with Crippen LogP contribution in [0, 0.1) is 34.0 Å². The smallest absolute Gasteiger partial charge is 0.309 e. The molecule has 6 unspecified atom stereocenters. The molecular formula is C25H40O5. The fraction of sp³-hybridized carbons (Fsp3) is 0.840. The highest BCUT2D eigenvalue weighted by molar-refractivity contribution is 5.74. The van der Waals surface area contributed by atoms with E-state index in [0.717, 1.165) is 19.3 Å².